The number of hydrogen-bond acceptors (Lipinski definition) is 6. The van der Waals surface area contributed by atoms with Crippen molar-refractivity contribution >= 4 is 17.9 Å². The minimum Gasteiger partial charge on any atom is -0.462 e. The van der Waals surface area contributed by atoms with E-state index in [0.717, 1.165) is 57.8 Å². The molecule has 0 saturated heterocycles. The van der Waals surface area contributed by atoms with Gasteiger partial charge in [0.2, 0.25) is 0 Å². The van der Waals surface area contributed by atoms with Crippen LogP contribution in [0.2, 0.25) is 0 Å². The predicted octanol–water partition coefficient (Wildman–Crippen LogP) is 17.4. The number of allylic oxidation sites excluding steroid dienone is 2. The highest BCUT2D eigenvalue weighted by Gasteiger charge is 2.19. The lowest BCUT2D eigenvalue weighted by molar-refractivity contribution is -0.167. The molecule has 0 aliphatic heterocycles. The molecule has 0 heterocycles. The number of rotatable bonds is 49. The van der Waals surface area contributed by atoms with Crippen LogP contribution in [0.15, 0.2) is 12.2 Å². The van der Waals surface area contributed by atoms with Crippen LogP contribution in [0.4, 0.5) is 0 Å². The summed E-state index contributed by atoms with van der Waals surface area (Å²) in [5, 5.41) is 0. The molecular formula is C54H102O6. The minimum atomic E-state index is -0.764. The lowest BCUT2D eigenvalue weighted by Crippen LogP contribution is -2.30. The van der Waals surface area contributed by atoms with E-state index < -0.39 is 6.10 Å². The van der Waals surface area contributed by atoms with E-state index in [0.29, 0.717) is 19.3 Å². The van der Waals surface area contributed by atoms with Gasteiger partial charge in [-0.25, -0.2) is 0 Å². The third-order valence-electron chi connectivity index (χ3n) is 12.0. The van der Waals surface area contributed by atoms with Crippen LogP contribution >= 0.6 is 0 Å². The van der Waals surface area contributed by atoms with Gasteiger partial charge >= 0.3 is 17.9 Å². The van der Waals surface area contributed by atoms with Crippen molar-refractivity contribution in [3.8, 4) is 0 Å². The van der Waals surface area contributed by atoms with E-state index in [4.69, 9.17) is 14.2 Å². The molecule has 0 N–H and O–H groups in total. The second-order valence-electron chi connectivity index (χ2n) is 18.2. The highest BCUT2D eigenvalue weighted by Crippen LogP contribution is 2.16. The Kier molecular flexibility index (Phi) is 48.3. The lowest BCUT2D eigenvalue weighted by Gasteiger charge is -2.18. The Morgan fingerprint density at radius 3 is 0.833 bits per heavy atom. The highest BCUT2D eigenvalue weighted by molar-refractivity contribution is 5.71. The van der Waals surface area contributed by atoms with Gasteiger partial charge in [0.05, 0.1) is 0 Å². The van der Waals surface area contributed by atoms with E-state index in [2.05, 4.69) is 32.9 Å². The average molecular weight is 847 g/mol. The van der Waals surface area contributed by atoms with Gasteiger partial charge in [0.1, 0.15) is 13.2 Å². The summed E-state index contributed by atoms with van der Waals surface area (Å²) in [6.07, 6.45) is 54.8. The van der Waals surface area contributed by atoms with Gasteiger partial charge in [-0.3, -0.25) is 14.4 Å². The first-order valence-corrected chi connectivity index (χ1v) is 26.7. The lowest BCUT2D eigenvalue weighted by atomic mass is 10.0. The van der Waals surface area contributed by atoms with Crippen LogP contribution in [0.25, 0.3) is 0 Å². The highest BCUT2D eigenvalue weighted by atomic mass is 16.6. The number of carbonyl (C=O) groups excluding carboxylic acids is 3. The fraction of sp³-hybridized carbons (Fsp3) is 0.907. The first kappa shape index (κ1) is 58.1. The van der Waals surface area contributed by atoms with Crippen molar-refractivity contribution in [3.05, 3.63) is 12.2 Å². The molecule has 0 fully saturated rings. The summed E-state index contributed by atoms with van der Waals surface area (Å²) in [5.41, 5.74) is 0. The van der Waals surface area contributed by atoms with E-state index in [-0.39, 0.29) is 31.1 Å². The largest absolute Gasteiger partial charge is 0.462 e. The third kappa shape index (κ3) is 47.2. The van der Waals surface area contributed by atoms with Gasteiger partial charge in [-0.2, -0.15) is 0 Å². The van der Waals surface area contributed by atoms with Crippen molar-refractivity contribution in [2.24, 2.45) is 0 Å². The topological polar surface area (TPSA) is 78.9 Å². The minimum absolute atomic E-state index is 0.0662. The zero-order chi connectivity index (χ0) is 43.7. The van der Waals surface area contributed by atoms with Crippen molar-refractivity contribution in [2.45, 2.75) is 303 Å². The Morgan fingerprint density at radius 2 is 0.550 bits per heavy atom. The first-order chi connectivity index (χ1) is 29.5. The monoisotopic (exact) mass is 847 g/mol. The Morgan fingerprint density at radius 1 is 0.317 bits per heavy atom. The van der Waals surface area contributed by atoms with Crippen molar-refractivity contribution in [1.29, 1.82) is 0 Å². The third-order valence-corrected chi connectivity index (χ3v) is 12.0. The van der Waals surface area contributed by atoms with Crippen LogP contribution in [0, 0.1) is 0 Å². The van der Waals surface area contributed by atoms with Crippen LogP contribution in [0.3, 0.4) is 0 Å². The number of hydrogen-bond donors (Lipinski definition) is 0. The average Bonchev–Trinajstić information content (AvgIpc) is 3.24. The van der Waals surface area contributed by atoms with Crippen molar-refractivity contribution in [3.63, 3.8) is 0 Å². The molecule has 6 heteroatoms. The summed E-state index contributed by atoms with van der Waals surface area (Å²) in [5.74, 6) is -0.855. The molecule has 0 amide bonds. The Labute approximate surface area is 373 Å². The summed E-state index contributed by atoms with van der Waals surface area (Å²) in [6.45, 7) is 6.66. The molecule has 0 aliphatic rings. The molecule has 0 unspecified atom stereocenters. The molecule has 60 heavy (non-hydrogen) atoms. The Hall–Kier alpha value is -1.85. The second-order valence-corrected chi connectivity index (χ2v) is 18.2. The summed E-state index contributed by atoms with van der Waals surface area (Å²) >= 11 is 0. The van der Waals surface area contributed by atoms with E-state index in [1.807, 2.05) is 0 Å². The van der Waals surface area contributed by atoms with Crippen LogP contribution in [0.5, 0.6) is 0 Å². The fourth-order valence-electron chi connectivity index (χ4n) is 7.97. The predicted molar refractivity (Wildman–Crippen MR) is 256 cm³/mol. The maximum Gasteiger partial charge on any atom is 0.306 e. The summed E-state index contributed by atoms with van der Waals surface area (Å²) in [7, 11) is 0. The SMILES string of the molecule is CCCCCCCCCC/C=C\CCCCCCCCCC(=O)OC[C@@H](COC(=O)CCCCCCCCCCCC)OC(=O)CCCCCCCCCCCCCCC. The number of carbonyl (C=O) groups is 3. The first-order valence-electron chi connectivity index (χ1n) is 26.7. The number of unbranched alkanes of at least 4 members (excludes halogenated alkanes) is 36. The van der Waals surface area contributed by atoms with Crippen molar-refractivity contribution in [2.75, 3.05) is 13.2 Å². The van der Waals surface area contributed by atoms with E-state index in [1.165, 1.54) is 199 Å². The van der Waals surface area contributed by atoms with Gasteiger partial charge in [0.25, 0.3) is 0 Å². The molecule has 0 aromatic heterocycles. The molecule has 6 nitrogen and oxygen atoms in total. The molecule has 354 valence electrons. The summed E-state index contributed by atoms with van der Waals surface area (Å²) < 4.78 is 16.8. The van der Waals surface area contributed by atoms with Crippen LogP contribution in [-0.2, 0) is 28.6 Å². The zero-order valence-electron chi connectivity index (χ0n) is 40.5. The molecule has 1 atom stereocenters. The quantitative estimate of drug-likeness (QED) is 0.0263. The van der Waals surface area contributed by atoms with E-state index in [1.54, 1.807) is 0 Å². The van der Waals surface area contributed by atoms with Crippen LogP contribution in [0.1, 0.15) is 297 Å². The zero-order valence-corrected chi connectivity index (χ0v) is 40.5. The van der Waals surface area contributed by atoms with Crippen molar-refractivity contribution < 1.29 is 28.6 Å². The maximum atomic E-state index is 12.8. The molecule has 0 bridgehead atoms. The molecule has 0 saturated carbocycles. The standard InChI is InChI=1S/C54H102O6/c1-4-7-10-13-16-19-22-24-25-26-27-28-29-31-32-35-38-41-44-47-53(56)59-50-51(49-58-52(55)46-43-40-37-34-21-18-15-12-9-6-3)60-54(57)48-45-42-39-36-33-30-23-20-17-14-11-8-5-2/h26-27,51H,4-25,28-50H2,1-3H3/b27-26-/t51-/m1/s1. The summed E-state index contributed by atoms with van der Waals surface area (Å²) in [6, 6.07) is 0. The second kappa shape index (κ2) is 49.8. The van der Waals surface area contributed by atoms with Crippen LogP contribution < -0.4 is 0 Å². The molecule has 0 aliphatic carbocycles. The van der Waals surface area contributed by atoms with Gasteiger partial charge in [-0.15, -0.1) is 0 Å². The van der Waals surface area contributed by atoms with Crippen molar-refractivity contribution in [1.82, 2.24) is 0 Å². The van der Waals surface area contributed by atoms with Crippen LogP contribution in [-0.4, -0.2) is 37.2 Å². The fourth-order valence-corrected chi connectivity index (χ4v) is 7.97. The van der Waals surface area contributed by atoms with Gasteiger partial charge in [-0.05, 0) is 44.9 Å². The number of esters is 3. The van der Waals surface area contributed by atoms with Gasteiger partial charge in [0, 0.05) is 19.3 Å². The normalized spacial score (nSPS) is 12.0. The molecule has 0 spiro atoms. The number of ether oxygens (including phenoxy) is 3. The van der Waals surface area contributed by atoms with Gasteiger partial charge in [0.15, 0.2) is 6.10 Å². The maximum absolute atomic E-state index is 12.8. The van der Waals surface area contributed by atoms with E-state index >= 15 is 0 Å². The van der Waals surface area contributed by atoms with E-state index in [9.17, 15) is 14.4 Å². The molecule has 0 aromatic rings. The molecule has 0 radical (unpaired) electrons. The molecule has 0 aromatic carbocycles. The van der Waals surface area contributed by atoms with Gasteiger partial charge in [-0.1, -0.05) is 245 Å². The molecular weight excluding hydrogens is 745 g/mol. The summed E-state index contributed by atoms with van der Waals surface area (Å²) in [4.78, 5) is 37.9. The Balaban J connectivity index is 4.26. The Bertz CT molecular complexity index is 931. The molecule has 0 rings (SSSR count). The smallest absolute Gasteiger partial charge is 0.306 e. The van der Waals surface area contributed by atoms with Gasteiger partial charge < -0.3 is 14.2 Å².